The summed E-state index contributed by atoms with van der Waals surface area (Å²) in [5, 5.41) is 0.590. The van der Waals surface area contributed by atoms with Crippen molar-refractivity contribution in [3.63, 3.8) is 0 Å². The van der Waals surface area contributed by atoms with Crippen molar-refractivity contribution in [2.45, 2.75) is 25.9 Å². The number of pyridine rings is 1. The molecule has 3 aromatic heterocycles. The molecule has 110 valence electrons. The predicted molar refractivity (Wildman–Crippen MR) is 83.9 cm³/mol. The number of aryl methyl sites for hydroxylation is 1. The fraction of sp³-hybridized carbons (Fsp3) is 0.357. The first-order valence-corrected chi connectivity index (χ1v) is 7.64. The Morgan fingerprint density at radius 3 is 2.95 bits per heavy atom. The summed E-state index contributed by atoms with van der Waals surface area (Å²) in [6.45, 7) is 2.93. The standard InChI is InChI=1S/C14H15Cl2N5/c1-10(8-20-5-4-17-9-20)21-13(2-3-15)19-12-6-11(16)7-18-14(12)21/h4-7,9-10H,2-3,8H2,1H3. The number of halogens is 2. The highest BCUT2D eigenvalue weighted by atomic mass is 35.5. The first-order chi connectivity index (χ1) is 10.2. The van der Waals surface area contributed by atoms with E-state index in [1.54, 1.807) is 18.7 Å². The largest absolute Gasteiger partial charge is 0.335 e. The summed E-state index contributed by atoms with van der Waals surface area (Å²) >= 11 is 11.9. The highest BCUT2D eigenvalue weighted by Crippen LogP contribution is 2.23. The van der Waals surface area contributed by atoms with Gasteiger partial charge in [0.1, 0.15) is 11.3 Å². The summed E-state index contributed by atoms with van der Waals surface area (Å²) in [7, 11) is 0. The molecule has 0 saturated heterocycles. The molecule has 0 fully saturated rings. The minimum Gasteiger partial charge on any atom is -0.335 e. The lowest BCUT2D eigenvalue weighted by Gasteiger charge is -2.17. The van der Waals surface area contributed by atoms with Crippen LogP contribution in [0.5, 0.6) is 0 Å². The molecule has 0 aliphatic rings. The van der Waals surface area contributed by atoms with E-state index < -0.39 is 0 Å². The van der Waals surface area contributed by atoms with Crippen LogP contribution < -0.4 is 0 Å². The lowest BCUT2D eigenvalue weighted by atomic mass is 10.3. The van der Waals surface area contributed by atoms with Gasteiger partial charge >= 0.3 is 0 Å². The monoisotopic (exact) mass is 323 g/mol. The van der Waals surface area contributed by atoms with Gasteiger partial charge in [-0.1, -0.05) is 11.6 Å². The Balaban J connectivity index is 2.03. The molecule has 21 heavy (non-hydrogen) atoms. The third kappa shape index (κ3) is 2.89. The van der Waals surface area contributed by atoms with Crippen molar-refractivity contribution in [1.82, 2.24) is 24.1 Å². The highest BCUT2D eigenvalue weighted by molar-refractivity contribution is 6.31. The Labute approximate surface area is 132 Å². The van der Waals surface area contributed by atoms with Gasteiger partial charge in [0, 0.05) is 37.4 Å². The average Bonchev–Trinajstić information content (AvgIpc) is 3.05. The van der Waals surface area contributed by atoms with Crippen LogP contribution in [-0.2, 0) is 13.0 Å². The van der Waals surface area contributed by atoms with Crippen molar-refractivity contribution < 1.29 is 0 Å². The minimum absolute atomic E-state index is 0.191. The summed E-state index contributed by atoms with van der Waals surface area (Å²) in [5.74, 6) is 1.46. The van der Waals surface area contributed by atoms with Gasteiger partial charge in [0.25, 0.3) is 0 Å². The molecule has 3 aromatic rings. The molecule has 3 rings (SSSR count). The number of nitrogens with zero attached hydrogens (tertiary/aromatic N) is 5. The van der Waals surface area contributed by atoms with Gasteiger partial charge in [-0.25, -0.2) is 15.0 Å². The van der Waals surface area contributed by atoms with Crippen LogP contribution in [0.1, 0.15) is 18.8 Å². The van der Waals surface area contributed by atoms with Gasteiger partial charge in [-0.2, -0.15) is 0 Å². The Bertz CT molecular complexity index is 735. The molecule has 3 heterocycles. The molecule has 0 amide bonds. The van der Waals surface area contributed by atoms with Gasteiger partial charge in [0.2, 0.25) is 0 Å². The maximum absolute atomic E-state index is 6.00. The van der Waals surface area contributed by atoms with E-state index in [-0.39, 0.29) is 6.04 Å². The SMILES string of the molecule is CC(Cn1ccnc1)n1c(CCCl)nc2cc(Cl)cnc21. The summed E-state index contributed by atoms with van der Waals surface area (Å²) in [6.07, 6.45) is 7.87. The molecule has 5 nitrogen and oxygen atoms in total. The van der Waals surface area contributed by atoms with Gasteiger partial charge in [-0.3, -0.25) is 0 Å². The molecule has 0 aliphatic heterocycles. The summed E-state index contributed by atoms with van der Waals surface area (Å²) < 4.78 is 4.17. The Kier molecular flexibility index (Phi) is 4.12. The van der Waals surface area contributed by atoms with E-state index in [4.69, 9.17) is 23.2 Å². The highest BCUT2D eigenvalue weighted by Gasteiger charge is 2.17. The summed E-state index contributed by atoms with van der Waals surface area (Å²) in [4.78, 5) is 13.1. The maximum atomic E-state index is 6.00. The van der Waals surface area contributed by atoms with Gasteiger partial charge in [0.05, 0.1) is 17.4 Å². The van der Waals surface area contributed by atoms with Crippen molar-refractivity contribution in [2.24, 2.45) is 0 Å². The van der Waals surface area contributed by atoms with E-state index in [1.807, 2.05) is 16.8 Å². The molecule has 0 spiro atoms. The topological polar surface area (TPSA) is 48.5 Å². The second kappa shape index (κ2) is 6.03. The zero-order chi connectivity index (χ0) is 14.8. The van der Waals surface area contributed by atoms with Gasteiger partial charge < -0.3 is 9.13 Å². The fourth-order valence-corrected chi connectivity index (χ4v) is 2.83. The number of aromatic nitrogens is 5. The van der Waals surface area contributed by atoms with Crippen LogP contribution in [-0.4, -0.2) is 30.0 Å². The normalized spacial score (nSPS) is 12.9. The summed E-state index contributed by atoms with van der Waals surface area (Å²) in [5.41, 5.74) is 1.65. The molecule has 0 radical (unpaired) electrons. The van der Waals surface area contributed by atoms with Crippen molar-refractivity contribution in [3.8, 4) is 0 Å². The minimum atomic E-state index is 0.191. The van der Waals surface area contributed by atoms with E-state index in [9.17, 15) is 0 Å². The molecule has 7 heteroatoms. The molecule has 1 unspecified atom stereocenters. The lowest BCUT2D eigenvalue weighted by Crippen LogP contribution is -2.15. The number of rotatable bonds is 5. The van der Waals surface area contributed by atoms with E-state index in [1.165, 1.54) is 0 Å². The van der Waals surface area contributed by atoms with E-state index in [0.29, 0.717) is 17.3 Å². The molecule has 0 aliphatic carbocycles. The van der Waals surface area contributed by atoms with Crippen LogP contribution in [0.4, 0.5) is 0 Å². The molecule has 0 saturated carbocycles. The van der Waals surface area contributed by atoms with Crippen LogP contribution in [0.2, 0.25) is 5.02 Å². The van der Waals surface area contributed by atoms with Crippen molar-refractivity contribution in [3.05, 3.63) is 41.8 Å². The van der Waals surface area contributed by atoms with Crippen molar-refractivity contribution >= 4 is 34.4 Å². The molecule has 1 atom stereocenters. The number of imidazole rings is 2. The van der Waals surface area contributed by atoms with Gasteiger partial charge in [-0.05, 0) is 13.0 Å². The third-order valence-electron chi connectivity index (χ3n) is 3.36. The van der Waals surface area contributed by atoms with Crippen LogP contribution >= 0.6 is 23.2 Å². The Morgan fingerprint density at radius 2 is 2.24 bits per heavy atom. The molecule has 0 bridgehead atoms. The molecular weight excluding hydrogens is 309 g/mol. The van der Waals surface area contributed by atoms with Crippen molar-refractivity contribution in [1.29, 1.82) is 0 Å². The Morgan fingerprint density at radius 1 is 1.38 bits per heavy atom. The lowest BCUT2D eigenvalue weighted by molar-refractivity contribution is 0.459. The predicted octanol–water partition coefficient (Wildman–Crippen LogP) is 3.32. The third-order valence-corrected chi connectivity index (χ3v) is 3.76. The van der Waals surface area contributed by atoms with E-state index in [2.05, 4.69) is 26.4 Å². The Hall–Kier alpha value is -1.59. The quantitative estimate of drug-likeness (QED) is 0.677. The number of alkyl halides is 1. The second-order valence-electron chi connectivity index (χ2n) is 4.94. The fourth-order valence-electron chi connectivity index (χ4n) is 2.51. The first-order valence-electron chi connectivity index (χ1n) is 6.73. The zero-order valence-corrected chi connectivity index (χ0v) is 13.1. The number of hydrogen-bond acceptors (Lipinski definition) is 3. The van der Waals surface area contributed by atoms with Gasteiger partial charge in [0.15, 0.2) is 5.65 Å². The first kappa shape index (κ1) is 14.4. The van der Waals surface area contributed by atoms with E-state index >= 15 is 0 Å². The molecule has 0 aromatic carbocycles. The van der Waals surface area contributed by atoms with Crippen LogP contribution in [0, 0.1) is 0 Å². The van der Waals surface area contributed by atoms with E-state index in [0.717, 1.165) is 23.5 Å². The molecular formula is C14H15Cl2N5. The smallest absolute Gasteiger partial charge is 0.160 e. The number of fused-ring (bicyclic) bond motifs is 1. The van der Waals surface area contributed by atoms with Crippen molar-refractivity contribution in [2.75, 3.05) is 5.88 Å². The molecule has 0 N–H and O–H groups in total. The van der Waals surface area contributed by atoms with Crippen LogP contribution in [0.25, 0.3) is 11.2 Å². The second-order valence-corrected chi connectivity index (χ2v) is 5.76. The average molecular weight is 324 g/mol. The van der Waals surface area contributed by atoms with Crippen LogP contribution in [0.3, 0.4) is 0 Å². The maximum Gasteiger partial charge on any atom is 0.160 e. The zero-order valence-electron chi connectivity index (χ0n) is 11.6. The van der Waals surface area contributed by atoms with Crippen LogP contribution in [0.15, 0.2) is 31.0 Å². The number of hydrogen-bond donors (Lipinski definition) is 0. The summed E-state index contributed by atoms with van der Waals surface area (Å²) in [6, 6.07) is 2.03. The van der Waals surface area contributed by atoms with Gasteiger partial charge in [-0.15, -0.1) is 11.6 Å².